The Morgan fingerprint density at radius 3 is 2.83 bits per heavy atom. The first kappa shape index (κ1) is 13.0. The van der Waals surface area contributed by atoms with Crippen LogP contribution in [0.2, 0.25) is 0 Å². The van der Waals surface area contributed by atoms with E-state index in [2.05, 4.69) is 29.2 Å². The molecular formula is C15H20N2O. The molecule has 1 aromatic heterocycles. The van der Waals surface area contributed by atoms with Gasteiger partial charge in [-0.05, 0) is 38.0 Å². The smallest absolute Gasteiger partial charge is 0.0705 e. The molecule has 0 radical (unpaired) electrons. The van der Waals surface area contributed by atoms with Crippen LogP contribution in [0.3, 0.4) is 0 Å². The summed E-state index contributed by atoms with van der Waals surface area (Å²) in [6.07, 6.45) is 2.58. The zero-order valence-electron chi connectivity index (χ0n) is 11.2. The summed E-state index contributed by atoms with van der Waals surface area (Å²) in [6.45, 7) is 4.10. The Morgan fingerprint density at radius 1 is 1.33 bits per heavy atom. The summed E-state index contributed by atoms with van der Waals surface area (Å²) in [6, 6.07) is 10.2. The van der Waals surface area contributed by atoms with E-state index in [0.29, 0.717) is 0 Å². The van der Waals surface area contributed by atoms with Crippen LogP contribution in [0.1, 0.15) is 31.9 Å². The Morgan fingerprint density at radius 2 is 2.11 bits per heavy atom. The van der Waals surface area contributed by atoms with Gasteiger partial charge in [-0.2, -0.15) is 0 Å². The lowest BCUT2D eigenvalue weighted by atomic mass is 9.94. The summed E-state index contributed by atoms with van der Waals surface area (Å²) < 4.78 is 5.42. The van der Waals surface area contributed by atoms with Gasteiger partial charge in [0.15, 0.2) is 0 Å². The molecule has 3 heteroatoms. The predicted octanol–water partition coefficient (Wildman–Crippen LogP) is 3.05. The second kappa shape index (κ2) is 5.04. The van der Waals surface area contributed by atoms with Gasteiger partial charge >= 0.3 is 0 Å². The Bertz CT molecular complexity index is 537. The molecule has 1 unspecified atom stereocenters. The standard InChI is InChI=1S/C15H20N2O/c1-15(2,18-3)10-13(16)12-7-6-11-5-4-8-17-14(11)9-12/h4-9,13H,10,16H2,1-3H3. The third-order valence-corrected chi connectivity index (χ3v) is 3.32. The average molecular weight is 244 g/mol. The second-order valence-corrected chi connectivity index (χ2v) is 5.23. The fraction of sp³-hybridized carbons (Fsp3) is 0.400. The number of hydrogen-bond donors (Lipinski definition) is 1. The minimum atomic E-state index is -0.210. The monoisotopic (exact) mass is 244 g/mol. The zero-order chi connectivity index (χ0) is 13.2. The Balaban J connectivity index is 2.25. The number of rotatable bonds is 4. The molecule has 0 saturated carbocycles. The van der Waals surface area contributed by atoms with Crippen molar-refractivity contribution in [3.05, 3.63) is 42.1 Å². The van der Waals surface area contributed by atoms with Crippen molar-refractivity contribution >= 4 is 10.9 Å². The van der Waals surface area contributed by atoms with Gasteiger partial charge < -0.3 is 10.5 Å². The summed E-state index contributed by atoms with van der Waals surface area (Å²) in [5, 5.41) is 1.14. The van der Waals surface area contributed by atoms with Crippen LogP contribution in [-0.2, 0) is 4.74 Å². The van der Waals surface area contributed by atoms with Crippen molar-refractivity contribution in [2.75, 3.05) is 7.11 Å². The zero-order valence-corrected chi connectivity index (χ0v) is 11.2. The van der Waals surface area contributed by atoms with Crippen molar-refractivity contribution in [3.63, 3.8) is 0 Å². The summed E-state index contributed by atoms with van der Waals surface area (Å²) in [5.74, 6) is 0. The molecule has 18 heavy (non-hydrogen) atoms. The van der Waals surface area contributed by atoms with E-state index >= 15 is 0 Å². The van der Waals surface area contributed by atoms with Crippen molar-refractivity contribution < 1.29 is 4.74 Å². The maximum atomic E-state index is 6.24. The lowest BCUT2D eigenvalue weighted by Gasteiger charge is -2.26. The quantitative estimate of drug-likeness (QED) is 0.899. The maximum absolute atomic E-state index is 6.24. The van der Waals surface area contributed by atoms with Crippen LogP contribution in [0.4, 0.5) is 0 Å². The molecule has 0 aliphatic carbocycles. The van der Waals surface area contributed by atoms with Gasteiger partial charge in [0.2, 0.25) is 0 Å². The molecule has 0 bridgehead atoms. The van der Waals surface area contributed by atoms with E-state index in [1.807, 2.05) is 19.9 Å². The molecule has 0 aliphatic heterocycles. The van der Waals surface area contributed by atoms with Gasteiger partial charge in [-0.25, -0.2) is 0 Å². The van der Waals surface area contributed by atoms with Gasteiger partial charge in [0.25, 0.3) is 0 Å². The van der Waals surface area contributed by atoms with E-state index < -0.39 is 0 Å². The summed E-state index contributed by atoms with van der Waals surface area (Å²) in [7, 11) is 1.72. The molecule has 1 atom stereocenters. The normalized spacial score (nSPS) is 13.8. The largest absolute Gasteiger partial charge is 0.379 e. The molecule has 0 aliphatic rings. The average Bonchev–Trinajstić information content (AvgIpc) is 2.37. The van der Waals surface area contributed by atoms with Crippen LogP contribution in [0.15, 0.2) is 36.5 Å². The molecule has 0 saturated heterocycles. The number of aromatic nitrogens is 1. The molecule has 2 aromatic rings. The number of pyridine rings is 1. The number of fused-ring (bicyclic) bond motifs is 1. The third kappa shape index (κ3) is 2.86. The van der Waals surface area contributed by atoms with Crippen LogP contribution in [0.5, 0.6) is 0 Å². The molecule has 2 N–H and O–H groups in total. The fourth-order valence-corrected chi connectivity index (χ4v) is 2.04. The van der Waals surface area contributed by atoms with E-state index in [4.69, 9.17) is 10.5 Å². The van der Waals surface area contributed by atoms with Crippen LogP contribution in [0, 0.1) is 0 Å². The molecular weight excluding hydrogens is 224 g/mol. The number of ether oxygens (including phenoxy) is 1. The number of nitrogens with zero attached hydrogens (tertiary/aromatic N) is 1. The summed E-state index contributed by atoms with van der Waals surface area (Å²) >= 11 is 0. The molecule has 96 valence electrons. The van der Waals surface area contributed by atoms with Crippen LogP contribution in [0.25, 0.3) is 10.9 Å². The molecule has 2 rings (SSSR count). The Labute approximate surface area is 108 Å². The van der Waals surface area contributed by atoms with Gasteiger partial charge in [-0.1, -0.05) is 18.2 Å². The molecule has 1 heterocycles. The second-order valence-electron chi connectivity index (χ2n) is 5.23. The van der Waals surface area contributed by atoms with Gasteiger partial charge in [-0.15, -0.1) is 0 Å². The summed E-state index contributed by atoms with van der Waals surface area (Å²) in [5.41, 5.74) is 8.12. The molecule has 0 amide bonds. The van der Waals surface area contributed by atoms with Crippen molar-refractivity contribution in [1.82, 2.24) is 4.98 Å². The first-order valence-corrected chi connectivity index (χ1v) is 6.17. The first-order chi connectivity index (χ1) is 8.52. The fourth-order valence-electron chi connectivity index (χ4n) is 2.04. The highest BCUT2D eigenvalue weighted by Gasteiger charge is 2.21. The highest BCUT2D eigenvalue weighted by atomic mass is 16.5. The summed E-state index contributed by atoms with van der Waals surface area (Å²) in [4.78, 5) is 4.35. The van der Waals surface area contributed by atoms with Gasteiger partial charge in [0.1, 0.15) is 0 Å². The van der Waals surface area contributed by atoms with Crippen molar-refractivity contribution in [2.24, 2.45) is 5.73 Å². The van der Waals surface area contributed by atoms with Gasteiger partial charge in [-0.3, -0.25) is 4.98 Å². The Kier molecular flexibility index (Phi) is 3.64. The minimum Gasteiger partial charge on any atom is -0.379 e. The maximum Gasteiger partial charge on any atom is 0.0705 e. The van der Waals surface area contributed by atoms with E-state index in [-0.39, 0.29) is 11.6 Å². The van der Waals surface area contributed by atoms with Gasteiger partial charge in [0.05, 0.1) is 11.1 Å². The van der Waals surface area contributed by atoms with Crippen molar-refractivity contribution in [2.45, 2.75) is 31.9 Å². The minimum absolute atomic E-state index is 0.0358. The molecule has 1 aromatic carbocycles. The molecule has 0 fully saturated rings. The molecule has 0 spiro atoms. The lowest BCUT2D eigenvalue weighted by molar-refractivity contribution is 0.00996. The van der Waals surface area contributed by atoms with Crippen LogP contribution < -0.4 is 5.73 Å². The Hall–Kier alpha value is -1.45. The van der Waals surface area contributed by atoms with E-state index in [9.17, 15) is 0 Å². The highest BCUT2D eigenvalue weighted by molar-refractivity contribution is 5.78. The number of methoxy groups -OCH3 is 1. The van der Waals surface area contributed by atoms with Crippen molar-refractivity contribution in [3.8, 4) is 0 Å². The van der Waals surface area contributed by atoms with E-state index in [1.54, 1.807) is 13.3 Å². The van der Waals surface area contributed by atoms with Crippen LogP contribution >= 0.6 is 0 Å². The predicted molar refractivity (Wildman–Crippen MR) is 74.4 cm³/mol. The topological polar surface area (TPSA) is 48.1 Å². The third-order valence-electron chi connectivity index (χ3n) is 3.32. The molecule has 3 nitrogen and oxygen atoms in total. The van der Waals surface area contributed by atoms with E-state index in [1.165, 1.54) is 0 Å². The SMILES string of the molecule is COC(C)(C)CC(N)c1ccc2cccnc2c1. The van der Waals surface area contributed by atoms with Crippen LogP contribution in [-0.4, -0.2) is 17.7 Å². The van der Waals surface area contributed by atoms with E-state index in [0.717, 1.165) is 22.9 Å². The highest BCUT2D eigenvalue weighted by Crippen LogP contribution is 2.25. The van der Waals surface area contributed by atoms with Gasteiger partial charge in [0, 0.05) is 24.7 Å². The first-order valence-electron chi connectivity index (χ1n) is 6.17. The number of hydrogen-bond acceptors (Lipinski definition) is 3. The number of benzene rings is 1. The lowest BCUT2D eigenvalue weighted by Crippen LogP contribution is -2.28. The van der Waals surface area contributed by atoms with Crippen molar-refractivity contribution in [1.29, 1.82) is 0 Å². The number of nitrogens with two attached hydrogens (primary N) is 1.